The number of amides is 1. The van der Waals surface area contributed by atoms with Crippen molar-refractivity contribution in [3.8, 4) is 5.75 Å². The number of benzene rings is 1. The second kappa shape index (κ2) is 6.70. The molecule has 1 fully saturated rings. The maximum Gasteiger partial charge on any atom is 0.335 e. The van der Waals surface area contributed by atoms with Crippen LogP contribution in [-0.4, -0.2) is 40.0 Å². The number of pyridine rings is 1. The highest BCUT2D eigenvalue weighted by Crippen LogP contribution is 2.30. The topological polar surface area (TPSA) is 79.7 Å². The fraction of sp³-hybridized carbons (Fsp3) is 0.278. The minimum atomic E-state index is -1.07. The molecule has 6 heteroatoms. The molecule has 1 aliphatic carbocycles. The van der Waals surface area contributed by atoms with Crippen molar-refractivity contribution < 1.29 is 19.4 Å². The highest BCUT2D eigenvalue weighted by molar-refractivity contribution is 5.96. The van der Waals surface area contributed by atoms with Gasteiger partial charge in [0.25, 0.3) is 5.91 Å². The van der Waals surface area contributed by atoms with Crippen molar-refractivity contribution in [2.75, 3.05) is 7.11 Å². The molecular formula is C18H18N2O4. The molecule has 1 heterocycles. The Morgan fingerprint density at radius 2 is 1.96 bits per heavy atom. The molecule has 0 radical (unpaired) electrons. The van der Waals surface area contributed by atoms with Crippen LogP contribution in [0.15, 0.2) is 42.6 Å². The number of rotatable bonds is 6. The van der Waals surface area contributed by atoms with E-state index in [1.54, 1.807) is 12.0 Å². The molecule has 24 heavy (non-hydrogen) atoms. The fourth-order valence-electron chi connectivity index (χ4n) is 2.51. The Kier molecular flexibility index (Phi) is 4.46. The van der Waals surface area contributed by atoms with Crippen LogP contribution in [0.1, 0.15) is 39.3 Å². The van der Waals surface area contributed by atoms with Gasteiger partial charge in [0, 0.05) is 18.8 Å². The molecule has 2 aromatic rings. The number of carbonyl (C=O) groups excluding carboxylic acids is 1. The summed E-state index contributed by atoms with van der Waals surface area (Å²) in [5, 5.41) is 9.07. The van der Waals surface area contributed by atoms with Crippen LogP contribution in [0.4, 0.5) is 0 Å². The average Bonchev–Trinajstić information content (AvgIpc) is 3.44. The molecule has 124 valence electrons. The first-order chi connectivity index (χ1) is 11.6. The number of methoxy groups -OCH3 is 1. The Morgan fingerprint density at radius 3 is 2.54 bits per heavy atom. The standard InChI is InChI=1S/C18H18N2O4/c1-24-15-6-2-12(3-7-15)11-20(14-4-5-14)17(21)16-10-13(18(22)23)8-9-19-16/h2-3,6-10,14H,4-5,11H2,1H3,(H,22,23). The van der Waals surface area contributed by atoms with Crippen LogP contribution in [0.3, 0.4) is 0 Å². The monoisotopic (exact) mass is 326 g/mol. The molecule has 0 bridgehead atoms. The lowest BCUT2D eigenvalue weighted by molar-refractivity contribution is 0.0696. The average molecular weight is 326 g/mol. The van der Waals surface area contributed by atoms with Gasteiger partial charge in [0.15, 0.2) is 0 Å². The van der Waals surface area contributed by atoms with Crippen LogP contribution in [0.5, 0.6) is 5.75 Å². The van der Waals surface area contributed by atoms with Crippen LogP contribution in [0, 0.1) is 0 Å². The minimum absolute atomic E-state index is 0.0635. The normalized spacial score (nSPS) is 13.4. The number of aromatic carboxylic acids is 1. The summed E-state index contributed by atoms with van der Waals surface area (Å²) >= 11 is 0. The summed E-state index contributed by atoms with van der Waals surface area (Å²) in [6, 6.07) is 10.4. The molecule has 1 aromatic heterocycles. The SMILES string of the molecule is COc1ccc(CN(C(=O)c2cc(C(=O)O)ccn2)C2CC2)cc1. The Balaban J connectivity index is 1.81. The van der Waals surface area contributed by atoms with E-state index in [9.17, 15) is 9.59 Å². The van der Waals surface area contributed by atoms with Crippen molar-refractivity contribution in [1.82, 2.24) is 9.88 Å². The molecular weight excluding hydrogens is 308 g/mol. The van der Waals surface area contributed by atoms with Crippen LogP contribution < -0.4 is 4.74 Å². The maximum atomic E-state index is 12.8. The zero-order valence-corrected chi connectivity index (χ0v) is 13.3. The predicted octanol–water partition coefficient (Wildman–Crippen LogP) is 2.59. The van der Waals surface area contributed by atoms with E-state index in [0.29, 0.717) is 6.54 Å². The van der Waals surface area contributed by atoms with Gasteiger partial charge in [-0.3, -0.25) is 9.78 Å². The molecule has 0 atom stereocenters. The lowest BCUT2D eigenvalue weighted by Crippen LogP contribution is -2.33. The van der Waals surface area contributed by atoms with E-state index in [1.807, 2.05) is 24.3 Å². The van der Waals surface area contributed by atoms with Gasteiger partial charge in [-0.25, -0.2) is 4.79 Å². The summed E-state index contributed by atoms with van der Waals surface area (Å²) in [5.41, 5.74) is 1.22. The summed E-state index contributed by atoms with van der Waals surface area (Å²) in [4.78, 5) is 29.7. The van der Waals surface area contributed by atoms with Crippen molar-refractivity contribution in [2.24, 2.45) is 0 Å². The van der Waals surface area contributed by atoms with E-state index in [1.165, 1.54) is 18.3 Å². The first kappa shape index (κ1) is 16.0. The smallest absolute Gasteiger partial charge is 0.335 e. The molecule has 6 nitrogen and oxygen atoms in total. The minimum Gasteiger partial charge on any atom is -0.497 e. The van der Waals surface area contributed by atoms with Crippen molar-refractivity contribution in [3.05, 3.63) is 59.4 Å². The second-order valence-electron chi connectivity index (χ2n) is 5.75. The molecule has 1 N–H and O–H groups in total. The fourth-order valence-corrected chi connectivity index (χ4v) is 2.51. The molecule has 1 aromatic carbocycles. The molecule has 0 spiro atoms. The number of hydrogen-bond donors (Lipinski definition) is 1. The van der Waals surface area contributed by atoms with Gasteiger partial charge in [0.1, 0.15) is 11.4 Å². The Bertz CT molecular complexity index is 754. The van der Waals surface area contributed by atoms with Crippen molar-refractivity contribution in [1.29, 1.82) is 0 Å². The number of hydrogen-bond acceptors (Lipinski definition) is 4. The van der Waals surface area contributed by atoms with Crippen LogP contribution >= 0.6 is 0 Å². The van der Waals surface area contributed by atoms with Gasteiger partial charge in [-0.1, -0.05) is 12.1 Å². The number of carboxylic acids is 1. The Morgan fingerprint density at radius 1 is 1.25 bits per heavy atom. The van der Waals surface area contributed by atoms with Gasteiger partial charge >= 0.3 is 5.97 Å². The van der Waals surface area contributed by atoms with Crippen LogP contribution in [-0.2, 0) is 6.54 Å². The molecule has 0 unspecified atom stereocenters. The summed E-state index contributed by atoms with van der Waals surface area (Å²) in [7, 11) is 1.61. The number of aromatic nitrogens is 1. The van der Waals surface area contributed by atoms with Gasteiger partial charge in [-0.15, -0.1) is 0 Å². The summed E-state index contributed by atoms with van der Waals surface area (Å²) < 4.78 is 5.14. The Labute approximate surface area is 139 Å². The first-order valence-electron chi connectivity index (χ1n) is 7.71. The Hall–Kier alpha value is -2.89. The second-order valence-corrected chi connectivity index (χ2v) is 5.75. The number of ether oxygens (including phenoxy) is 1. The summed E-state index contributed by atoms with van der Waals surface area (Å²) in [5.74, 6) is -0.546. The predicted molar refractivity (Wildman–Crippen MR) is 87.1 cm³/mol. The number of carboxylic acid groups (broad SMARTS) is 1. The zero-order valence-electron chi connectivity index (χ0n) is 13.3. The van der Waals surface area contributed by atoms with Crippen molar-refractivity contribution in [3.63, 3.8) is 0 Å². The van der Waals surface area contributed by atoms with E-state index in [0.717, 1.165) is 24.2 Å². The van der Waals surface area contributed by atoms with Crippen molar-refractivity contribution >= 4 is 11.9 Å². The van der Waals surface area contributed by atoms with E-state index in [2.05, 4.69) is 4.98 Å². The van der Waals surface area contributed by atoms with E-state index >= 15 is 0 Å². The van der Waals surface area contributed by atoms with Crippen LogP contribution in [0.25, 0.3) is 0 Å². The molecule has 3 rings (SSSR count). The van der Waals surface area contributed by atoms with Gasteiger partial charge in [0.05, 0.1) is 12.7 Å². The van der Waals surface area contributed by atoms with Gasteiger partial charge in [-0.2, -0.15) is 0 Å². The highest BCUT2D eigenvalue weighted by atomic mass is 16.5. The zero-order chi connectivity index (χ0) is 17.1. The van der Waals surface area contributed by atoms with E-state index in [-0.39, 0.29) is 23.2 Å². The van der Waals surface area contributed by atoms with Crippen molar-refractivity contribution in [2.45, 2.75) is 25.4 Å². The maximum absolute atomic E-state index is 12.8. The molecule has 1 saturated carbocycles. The molecule has 1 aliphatic rings. The number of nitrogens with zero attached hydrogens (tertiary/aromatic N) is 2. The first-order valence-corrected chi connectivity index (χ1v) is 7.71. The molecule has 0 saturated heterocycles. The highest BCUT2D eigenvalue weighted by Gasteiger charge is 2.33. The van der Waals surface area contributed by atoms with Gasteiger partial charge in [0.2, 0.25) is 0 Å². The molecule has 0 aliphatic heterocycles. The summed E-state index contributed by atoms with van der Waals surface area (Å²) in [6.07, 6.45) is 3.27. The third kappa shape index (κ3) is 3.53. The number of carbonyl (C=O) groups is 2. The van der Waals surface area contributed by atoms with Crippen LogP contribution in [0.2, 0.25) is 0 Å². The van der Waals surface area contributed by atoms with E-state index < -0.39 is 5.97 Å². The lowest BCUT2D eigenvalue weighted by Gasteiger charge is -2.22. The largest absolute Gasteiger partial charge is 0.497 e. The quantitative estimate of drug-likeness (QED) is 0.882. The lowest BCUT2D eigenvalue weighted by atomic mass is 10.1. The van der Waals surface area contributed by atoms with Gasteiger partial charge < -0.3 is 14.7 Å². The van der Waals surface area contributed by atoms with E-state index in [4.69, 9.17) is 9.84 Å². The summed E-state index contributed by atoms with van der Waals surface area (Å²) in [6.45, 7) is 0.465. The third-order valence-electron chi connectivity index (χ3n) is 3.99. The van der Waals surface area contributed by atoms with Gasteiger partial charge in [-0.05, 0) is 42.7 Å². The third-order valence-corrected chi connectivity index (χ3v) is 3.99. The molecule has 1 amide bonds.